The average Bonchev–Trinajstić information content (AvgIpc) is 2.00. The number of carbonyl (C=O) groups is 2. The van der Waals surface area contributed by atoms with Crippen LogP contribution in [0.5, 0.6) is 0 Å². The van der Waals surface area contributed by atoms with Crippen molar-refractivity contribution < 1.29 is 9.59 Å². The van der Waals surface area contributed by atoms with Gasteiger partial charge in [-0.15, -0.1) is 0 Å². The lowest BCUT2D eigenvalue weighted by Crippen LogP contribution is -2.45. The molecule has 0 bridgehead atoms. The minimum absolute atomic E-state index is 0.0185. The highest BCUT2D eigenvalue weighted by Gasteiger charge is 2.47. The van der Waals surface area contributed by atoms with Gasteiger partial charge in [-0.25, -0.2) is 0 Å². The quantitative estimate of drug-likeness (QED) is 0.535. The van der Waals surface area contributed by atoms with Crippen molar-refractivity contribution in [3.05, 3.63) is 11.6 Å². The molecule has 0 aromatic heterocycles. The maximum absolute atomic E-state index is 11.9. The van der Waals surface area contributed by atoms with Crippen LogP contribution in [0, 0.1) is 10.8 Å². The Bertz CT molecular complexity index is 306. The molecule has 1 aliphatic rings. The van der Waals surface area contributed by atoms with E-state index in [1.165, 1.54) is 0 Å². The third-order valence-electron chi connectivity index (χ3n) is 3.08. The van der Waals surface area contributed by atoms with E-state index in [-0.39, 0.29) is 11.6 Å². The first-order valence-electron chi connectivity index (χ1n) is 4.49. The van der Waals surface area contributed by atoms with Crippen molar-refractivity contribution in [1.29, 1.82) is 0 Å². The summed E-state index contributed by atoms with van der Waals surface area (Å²) in [5.41, 5.74) is -0.470. The van der Waals surface area contributed by atoms with E-state index in [0.29, 0.717) is 0 Å². The fraction of sp³-hybridized carbons (Fsp3) is 0.636. The predicted molar refractivity (Wildman–Crippen MR) is 51.3 cm³/mol. The van der Waals surface area contributed by atoms with E-state index in [0.717, 1.165) is 5.57 Å². The van der Waals surface area contributed by atoms with Crippen LogP contribution in [-0.2, 0) is 9.59 Å². The van der Waals surface area contributed by atoms with Crippen LogP contribution in [-0.4, -0.2) is 11.6 Å². The van der Waals surface area contributed by atoms with E-state index >= 15 is 0 Å². The fourth-order valence-electron chi connectivity index (χ4n) is 1.63. The summed E-state index contributed by atoms with van der Waals surface area (Å²) in [4.78, 5) is 23.5. The molecule has 0 N–H and O–H groups in total. The molecule has 72 valence electrons. The van der Waals surface area contributed by atoms with Crippen molar-refractivity contribution in [1.82, 2.24) is 0 Å². The molecule has 0 aliphatic heterocycles. The largest absolute Gasteiger partial charge is 0.298 e. The summed E-state index contributed by atoms with van der Waals surface area (Å²) in [6, 6.07) is 0. The van der Waals surface area contributed by atoms with Crippen LogP contribution < -0.4 is 0 Å². The molecule has 0 aromatic rings. The van der Waals surface area contributed by atoms with Gasteiger partial charge in [-0.1, -0.05) is 5.57 Å². The van der Waals surface area contributed by atoms with Crippen molar-refractivity contribution in [2.45, 2.75) is 34.6 Å². The molecule has 13 heavy (non-hydrogen) atoms. The minimum Gasteiger partial charge on any atom is -0.298 e. The molecular formula is C11H16O2. The van der Waals surface area contributed by atoms with Gasteiger partial charge in [0.1, 0.15) is 0 Å². The second-order valence-electron chi connectivity index (χ2n) is 4.77. The maximum Gasteiger partial charge on any atom is 0.168 e. The molecule has 1 aliphatic carbocycles. The summed E-state index contributed by atoms with van der Waals surface area (Å²) in [6.07, 6.45) is 1.60. The number of allylic oxidation sites excluding steroid dienone is 2. The summed E-state index contributed by atoms with van der Waals surface area (Å²) >= 11 is 0. The first-order valence-corrected chi connectivity index (χ1v) is 4.49. The van der Waals surface area contributed by atoms with Crippen molar-refractivity contribution in [2.75, 3.05) is 0 Å². The number of rotatable bonds is 0. The molecule has 0 saturated carbocycles. The fourth-order valence-corrected chi connectivity index (χ4v) is 1.63. The molecule has 0 unspecified atom stereocenters. The molecule has 0 saturated heterocycles. The number of hydrogen-bond acceptors (Lipinski definition) is 2. The average molecular weight is 180 g/mol. The Morgan fingerprint density at radius 2 is 1.46 bits per heavy atom. The minimum atomic E-state index is -0.844. The predicted octanol–water partition coefficient (Wildman–Crippen LogP) is 2.14. The Morgan fingerprint density at radius 1 is 1.00 bits per heavy atom. The summed E-state index contributed by atoms with van der Waals surface area (Å²) < 4.78 is 0. The maximum atomic E-state index is 11.9. The summed E-state index contributed by atoms with van der Waals surface area (Å²) in [7, 11) is 0. The van der Waals surface area contributed by atoms with Crippen LogP contribution in [0.3, 0.4) is 0 Å². The van der Waals surface area contributed by atoms with Gasteiger partial charge in [0, 0.05) is 5.41 Å². The highest BCUT2D eigenvalue weighted by molar-refractivity contribution is 6.16. The van der Waals surface area contributed by atoms with E-state index in [2.05, 4.69) is 0 Å². The third-order valence-corrected chi connectivity index (χ3v) is 3.08. The SMILES string of the molecule is CC1=CC(=O)C(C)(C)C(=O)C1(C)C. The lowest BCUT2D eigenvalue weighted by molar-refractivity contribution is -0.142. The zero-order valence-corrected chi connectivity index (χ0v) is 8.89. The molecule has 0 atom stereocenters. The number of hydrogen-bond donors (Lipinski definition) is 0. The van der Waals surface area contributed by atoms with Gasteiger partial charge in [-0.05, 0) is 40.7 Å². The van der Waals surface area contributed by atoms with E-state index < -0.39 is 10.8 Å². The zero-order chi connectivity index (χ0) is 10.4. The Kier molecular flexibility index (Phi) is 1.98. The highest BCUT2D eigenvalue weighted by Crippen LogP contribution is 2.40. The molecule has 0 fully saturated rings. The van der Waals surface area contributed by atoms with E-state index in [9.17, 15) is 9.59 Å². The monoisotopic (exact) mass is 180 g/mol. The molecule has 0 radical (unpaired) electrons. The van der Waals surface area contributed by atoms with Crippen LogP contribution >= 0.6 is 0 Å². The van der Waals surface area contributed by atoms with Gasteiger partial charge in [0.2, 0.25) is 0 Å². The van der Waals surface area contributed by atoms with Crippen molar-refractivity contribution >= 4 is 11.6 Å². The smallest absolute Gasteiger partial charge is 0.168 e. The third kappa shape index (κ3) is 1.25. The first kappa shape index (κ1) is 10.2. The molecule has 0 spiro atoms. The molecular weight excluding hydrogens is 164 g/mol. The standard InChI is InChI=1S/C11H16O2/c1-7-6-8(12)11(4,5)9(13)10(7,2)3/h6H,1-5H3. The van der Waals surface area contributed by atoms with Crippen LogP contribution in [0.15, 0.2) is 11.6 Å². The second kappa shape index (κ2) is 2.53. The van der Waals surface area contributed by atoms with E-state index in [1.54, 1.807) is 19.9 Å². The van der Waals surface area contributed by atoms with Gasteiger partial charge >= 0.3 is 0 Å². The van der Waals surface area contributed by atoms with Gasteiger partial charge in [0.05, 0.1) is 5.41 Å². The van der Waals surface area contributed by atoms with Crippen molar-refractivity contribution in [3.8, 4) is 0 Å². The summed E-state index contributed by atoms with van der Waals surface area (Å²) in [5.74, 6) is -0.0562. The second-order valence-corrected chi connectivity index (χ2v) is 4.77. The van der Waals surface area contributed by atoms with Crippen molar-refractivity contribution in [3.63, 3.8) is 0 Å². The Morgan fingerprint density at radius 3 is 1.92 bits per heavy atom. The lowest BCUT2D eigenvalue weighted by atomic mass is 9.64. The van der Waals surface area contributed by atoms with Gasteiger partial charge in [-0.2, -0.15) is 0 Å². The molecule has 0 aromatic carbocycles. The Hall–Kier alpha value is -0.920. The molecule has 0 heterocycles. The number of carbonyl (C=O) groups excluding carboxylic acids is 2. The van der Waals surface area contributed by atoms with Crippen LogP contribution in [0.1, 0.15) is 34.6 Å². The summed E-state index contributed by atoms with van der Waals surface area (Å²) in [6.45, 7) is 8.97. The molecule has 0 amide bonds. The van der Waals surface area contributed by atoms with Gasteiger partial charge < -0.3 is 0 Å². The van der Waals surface area contributed by atoms with Gasteiger partial charge in [-0.3, -0.25) is 9.59 Å². The number of ketones is 2. The van der Waals surface area contributed by atoms with Crippen LogP contribution in [0.25, 0.3) is 0 Å². The van der Waals surface area contributed by atoms with Crippen LogP contribution in [0.2, 0.25) is 0 Å². The topological polar surface area (TPSA) is 34.1 Å². The van der Waals surface area contributed by atoms with Gasteiger partial charge in [0.25, 0.3) is 0 Å². The highest BCUT2D eigenvalue weighted by atomic mass is 16.2. The Labute approximate surface area is 79.0 Å². The molecule has 2 nitrogen and oxygen atoms in total. The van der Waals surface area contributed by atoms with Gasteiger partial charge in [0.15, 0.2) is 11.6 Å². The van der Waals surface area contributed by atoms with Crippen molar-refractivity contribution in [2.24, 2.45) is 10.8 Å². The number of Topliss-reactive ketones (excluding diaryl/α,β-unsaturated/α-hetero) is 1. The van der Waals surface area contributed by atoms with E-state index in [1.807, 2.05) is 20.8 Å². The Balaban J connectivity index is 3.32. The molecule has 1 rings (SSSR count). The van der Waals surface area contributed by atoms with E-state index in [4.69, 9.17) is 0 Å². The molecule has 2 heteroatoms. The summed E-state index contributed by atoms with van der Waals surface area (Å²) in [5, 5.41) is 0. The zero-order valence-electron chi connectivity index (χ0n) is 8.89. The normalized spacial score (nSPS) is 25.8. The first-order chi connectivity index (χ1) is 5.70. The van der Waals surface area contributed by atoms with Crippen LogP contribution in [0.4, 0.5) is 0 Å². The lowest BCUT2D eigenvalue weighted by Gasteiger charge is -2.36.